The number of aryl methyl sites for hydroxylation is 1. The Bertz CT molecular complexity index is 1280. The van der Waals surface area contributed by atoms with Crippen LogP contribution in [-0.2, 0) is 9.84 Å². The fourth-order valence-corrected chi connectivity index (χ4v) is 4.16. The molecule has 0 spiro atoms. The number of anilines is 2. The van der Waals surface area contributed by atoms with Crippen LogP contribution in [0.1, 0.15) is 5.56 Å². The van der Waals surface area contributed by atoms with E-state index in [-0.39, 0.29) is 21.7 Å². The molecular formula is C22H16ClFN2O3S. The Hall–Kier alpha value is -3.16. The van der Waals surface area contributed by atoms with Gasteiger partial charge in [0.15, 0.2) is 0 Å². The zero-order valence-corrected chi connectivity index (χ0v) is 17.3. The molecule has 0 aliphatic carbocycles. The Kier molecular flexibility index (Phi) is 5.32. The molecule has 0 unspecified atom stereocenters. The third-order valence-electron chi connectivity index (χ3n) is 4.38. The Morgan fingerprint density at radius 1 is 0.933 bits per heavy atom. The maximum absolute atomic E-state index is 13.3. The molecule has 3 aromatic carbocycles. The van der Waals surface area contributed by atoms with Crippen LogP contribution in [0.2, 0.25) is 5.02 Å². The van der Waals surface area contributed by atoms with E-state index < -0.39 is 15.7 Å². The molecule has 1 N–H and O–H groups in total. The van der Waals surface area contributed by atoms with Gasteiger partial charge in [-0.25, -0.2) is 12.8 Å². The number of nitrogens with zero attached hydrogens (tertiary/aromatic N) is 1. The van der Waals surface area contributed by atoms with E-state index in [1.54, 1.807) is 36.4 Å². The highest BCUT2D eigenvalue weighted by Gasteiger charge is 2.28. The second-order valence-electron chi connectivity index (χ2n) is 6.61. The maximum Gasteiger partial charge on any atom is 0.238 e. The third-order valence-corrected chi connectivity index (χ3v) is 6.31. The van der Waals surface area contributed by atoms with Gasteiger partial charge >= 0.3 is 0 Å². The third kappa shape index (κ3) is 4.08. The fourth-order valence-electron chi connectivity index (χ4n) is 2.78. The number of oxazole rings is 1. The molecular weight excluding hydrogens is 427 g/mol. The Morgan fingerprint density at radius 2 is 1.57 bits per heavy atom. The molecule has 0 radical (unpaired) electrons. The smallest absolute Gasteiger partial charge is 0.238 e. The van der Waals surface area contributed by atoms with Crippen LogP contribution < -0.4 is 5.32 Å². The average molecular weight is 443 g/mol. The van der Waals surface area contributed by atoms with E-state index in [2.05, 4.69) is 10.3 Å². The van der Waals surface area contributed by atoms with E-state index in [9.17, 15) is 12.8 Å². The van der Waals surface area contributed by atoms with Crippen LogP contribution in [0.25, 0.3) is 11.5 Å². The molecule has 0 aliphatic heterocycles. The van der Waals surface area contributed by atoms with Crippen molar-refractivity contribution in [1.82, 2.24) is 4.98 Å². The highest BCUT2D eigenvalue weighted by molar-refractivity contribution is 7.91. The van der Waals surface area contributed by atoms with Crippen molar-refractivity contribution in [3.05, 3.63) is 89.2 Å². The Morgan fingerprint density at radius 3 is 2.20 bits per heavy atom. The van der Waals surface area contributed by atoms with Gasteiger partial charge in [0, 0.05) is 16.3 Å². The lowest BCUT2D eigenvalue weighted by atomic mass is 10.2. The molecule has 4 aromatic rings. The van der Waals surface area contributed by atoms with Crippen LogP contribution >= 0.6 is 11.6 Å². The second-order valence-corrected chi connectivity index (χ2v) is 8.91. The van der Waals surface area contributed by atoms with Crippen LogP contribution in [0.3, 0.4) is 0 Å². The van der Waals surface area contributed by atoms with Crippen molar-refractivity contribution in [3.63, 3.8) is 0 Å². The number of hydrogen-bond acceptors (Lipinski definition) is 5. The lowest BCUT2D eigenvalue weighted by Crippen LogP contribution is -2.05. The van der Waals surface area contributed by atoms with E-state index in [0.29, 0.717) is 16.3 Å². The molecule has 0 bridgehead atoms. The number of aromatic nitrogens is 1. The zero-order chi connectivity index (χ0) is 21.3. The average Bonchev–Trinajstić information content (AvgIpc) is 3.15. The van der Waals surface area contributed by atoms with Gasteiger partial charge in [-0.1, -0.05) is 29.3 Å². The first kappa shape index (κ1) is 20.1. The summed E-state index contributed by atoms with van der Waals surface area (Å²) in [5, 5.41) is 3.15. The van der Waals surface area contributed by atoms with Gasteiger partial charge in [-0.05, 0) is 67.6 Å². The summed E-state index contributed by atoms with van der Waals surface area (Å²) in [5.74, 6) is -0.360. The van der Waals surface area contributed by atoms with E-state index >= 15 is 0 Å². The summed E-state index contributed by atoms with van der Waals surface area (Å²) in [4.78, 5) is 4.35. The number of hydrogen-bond donors (Lipinski definition) is 1. The SMILES string of the molecule is Cc1ccc(S(=O)(=O)c2nc(-c3ccc(Cl)cc3)oc2Nc2ccc(F)cc2)cc1. The molecule has 1 heterocycles. The predicted molar refractivity (Wildman–Crippen MR) is 113 cm³/mol. The summed E-state index contributed by atoms with van der Waals surface area (Å²) in [6.45, 7) is 1.87. The summed E-state index contributed by atoms with van der Waals surface area (Å²) in [6.07, 6.45) is 0. The predicted octanol–water partition coefficient (Wildman–Crippen LogP) is 6.02. The second kappa shape index (κ2) is 7.93. The summed E-state index contributed by atoms with van der Waals surface area (Å²) in [6, 6.07) is 18.6. The lowest BCUT2D eigenvalue weighted by molar-refractivity contribution is 0.581. The number of rotatable bonds is 5. The van der Waals surface area contributed by atoms with Crippen LogP contribution in [0, 0.1) is 12.7 Å². The van der Waals surface area contributed by atoms with Gasteiger partial charge in [0.25, 0.3) is 0 Å². The molecule has 0 atom stereocenters. The topological polar surface area (TPSA) is 72.2 Å². The molecule has 0 saturated carbocycles. The standard InChI is InChI=1S/C22H16ClFN2O3S/c1-14-2-12-19(13-3-14)30(27,28)22-21(25-18-10-8-17(24)9-11-18)29-20(26-22)15-4-6-16(23)7-5-15/h2-13,25H,1H3. The largest absolute Gasteiger partial charge is 0.419 e. The highest BCUT2D eigenvalue weighted by atomic mass is 35.5. The monoisotopic (exact) mass is 442 g/mol. The van der Waals surface area contributed by atoms with Gasteiger partial charge in [-0.3, -0.25) is 0 Å². The normalized spacial score (nSPS) is 11.4. The Labute approximate surface area is 178 Å². The van der Waals surface area contributed by atoms with Gasteiger partial charge in [0.1, 0.15) is 5.82 Å². The van der Waals surface area contributed by atoms with Gasteiger partial charge in [-0.15, -0.1) is 0 Å². The molecule has 0 fully saturated rings. The number of benzene rings is 3. The summed E-state index contributed by atoms with van der Waals surface area (Å²) >= 11 is 5.93. The van der Waals surface area contributed by atoms with Gasteiger partial charge in [0.05, 0.1) is 4.90 Å². The van der Waals surface area contributed by atoms with Crippen LogP contribution in [0.5, 0.6) is 0 Å². The molecule has 0 saturated heterocycles. The highest BCUT2D eigenvalue weighted by Crippen LogP contribution is 2.34. The summed E-state index contributed by atoms with van der Waals surface area (Å²) in [7, 11) is -3.98. The first-order valence-electron chi connectivity index (χ1n) is 8.94. The molecule has 5 nitrogen and oxygen atoms in total. The van der Waals surface area contributed by atoms with Crippen molar-refractivity contribution in [3.8, 4) is 11.5 Å². The molecule has 152 valence electrons. The minimum absolute atomic E-state index is 0.0628. The molecule has 0 amide bonds. The maximum atomic E-state index is 13.3. The summed E-state index contributed by atoms with van der Waals surface area (Å²) in [5.41, 5.74) is 1.95. The molecule has 0 aliphatic rings. The van der Waals surface area contributed by atoms with E-state index in [1.165, 1.54) is 36.4 Å². The van der Waals surface area contributed by atoms with Crippen molar-refractivity contribution in [2.45, 2.75) is 16.8 Å². The van der Waals surface area contributed by atoms with Crippen molar-refractivity contribution in [2.75, 3.05) is 5.32 Å². The minimum atomic E-state index is -3.98. The van der Waals surface area contributed by atoms with E-state index in [4.69, 9.17) is 16.0 Å². The first-order valence-corrected chi connectivity index (χ1v) is 10.8. The summed E-state index contributed by atoms with van der Waals surface area (Å²) < 4.78 is 45.5. The minimum Gasteiger partial charge on any atom is -0.419 e. The quantitative estimate of drug-likeness (QED) is 0.409. The fraction of sp³-hybridized carbons (Fsp3) is 0.0455. The molecule has 4 rings (SSSR count). The molecule has 30 heavy (non-hydrogen) atoms. The van der Waals surface area contributed by atoms with Crippen molar-refractivity contribution in [2.24, 2.45) is 0 Å². The van der Waals surface area contributed by atoms with E-state index in [1.807, 2.05) is 6.92 Å². The number of nitrogens with one attached hydrogen (secondary N) is 1. The lowest BCUT2D eigenvalue weighted by Gasteiger charge is -2.06. The van der Waals surface area contributed by atoms with E-state index in [0.717, 1.165) is 5.56 Å². The number of sulfone groups is 1. The molecule has 8 heteroatoms. The molecule has 1 aromatic heterocycles. The van der Waals surface area contributed by atoms with Crippen LogP contribution in [-0.4, -0.2) is 13.4 Å². The van der Waals surface area contributed by atoms with Crippen molar-refractivity contribution in [1.29, 1.82) is 0 Å². The van der Waals surface area contributed by atoms with Gasteiger partial charge in [0.2, 0.25) is 26.6 Å². The van der Waals surface area contributed by atoms with Crippen molar-refractivity contribution >= 4 is 33.0 Å². The zero-order valence-electron chi connectivity index (χ0n) is 15.8. The Balaban J connectivity index is 1.83. The van der Waals surface area contributed by atoms with Gasteiger partial charge < -0.3 is 9.73 Å². The number of halogens is 2. The van der Waals surface area contributed by atoms with Crippen LogP contribution in [0.15, 0.2) is 87.1 Å². The van der Waals surface area contributed by atoms with Crippen molar-refractivity contribution < 1.29 is 17.2 Å². The van der Waals surface area contributed by atoms with Gasteiger partial charge in [-0.2, -0.15) is 4.98 Å². The first-order chi connectivity index (χ1) is 14.3. The van der Waals surface area contributed by atoms with Crippen LogP contribution in [0.4, 0.5) is 16.0 Å².